The van der Waals surface area contributed by atoms with Crippen molar-refractivity contribution < 1.29 is 14.3 Å². The van der Waals surface area contributed by atoms with E-state index in [1.807, 2.05) is 0 Å². The van der Waals surface area contributed by atoms with Crippen molar-refractivity contribution >= 4 is 33.6 Å². The zero-order valence-corrected chi connectivity index (χ0v) is 13.8. The molecule has 0 saturated carbocycles. The van der Waals surface area contributed by atoms with E-state index in [2.05, 4.69) is 36.9 Å². The lowest BCUT2D eigenvalue weighted by Crippen LogP contribution is -2.45. The van der Waals surface area contributed by atoms with E-state index in [9.17, 15) is 9.59 Å². The summed E-state index contributed by atoms with van der Waals surface area (Å²) in [4.78, 5) is 28.1. The van der Waals surface area contributed by atoms with Gasteiger partial charge in [0.05, 0.1) is 12.2 Å². The molecule has 7 nitrogen and oxygen atoms in total. The summed E-state index contributed by atoms with van der Waals surface area (Å²) in [6.45, 7) is 2.44. The second-order valence-corrected chi connectivity index (χ2v) is 5.19. The number of pyridine rings is 1. The van der Waals surface area contributed by atoms with Gasteiger partial charge in [-0.05, 0) is 28.9 Å². The van der Waals surface area contributed by atoms with E-state index in [1.54, 1.807) is 33.3 Å². The van der Waals surface area contributed by atoms with Crippen LogP contribution in [-0.2, 0) is 9.53 Å². The summed E-state index contributed by atoms with van der Waals surface area (Å²) < 4.78 is 5.53. The SMILES string of the molecule is CNc1ncc(Br)cc1C(=O)NC(C)C(=O)NCCOC. The highest BCUT2D eigenvalue weighted by atomic mass is 79.9. The molecular weight excluding hydrogens is 340 g/mol. The molecule has 1 aromatic rings. The first-order chi connectivity index (χ1) is 9.99. The van der Waals surface area contributed by atoms with Crippen LogP contribution in [0.25, 0.3) is 0 Å². The average Bonchev–Trinajstić information content (AvgIpc) is 2.47. The fourth-order valence-electron chi connectivity index (χ4n) is 1.58. The van der Waals surface area contributed by atoms with Gasteiger partial charge >= 0.3 is 0 Å². The van der Waals surface area contributed by atoms with Crippen LogP contribution in [0.5, 0.6) is 0 Å². The Balaban J connectivity index is 2.68. The highest BCUT2D eigenvalue weighted by molar-refractivity contribution is 9.10. The lowest BCUT2D eigenvalue weighted by Gasteiger charge is -2.15. The smallest absolute Gasteiger partial charge is 0.255 e. The van der Waals surface area contributed by atoms with Gasteiger partial charge in [-0.2, -0.15) is 0 Å². The molecule has 116 valence electrons. The summed E-state index contributed by atoms with van der Waals surface area (Å²) in [6.07, 6.45) is 1.59. The van der Waals surface area contributed by atoms with Crippen molar-refractivity contribution in [3.05, 3.63) is 22.3 Å². The molecule has 2 amide bonds. The first-order valence-corrected chi connectivity index (χ1v) is 7.19. The molecule has 1 heterocycles. The molecule has 0 aliphatic heterocycles. The molecule has 0 aliphatic rings. The van der Waals surface area contributed by atoms with Crippen LogP contribution in [0, 0.1) is 0 Å². The van der Waals surface area contributed by atoms with E-state index in [0.29, 0.717) is 29.0 Å². The minimum absolute atomic E-state index is 0.269. The summed E-state index contributed by atoms with van der Waals surface area (Å²) in [7, 11) is 3.23. The maximum atomic E-state index is 12.2. The standard InChI is InChI=1S/C13H19BrN4O3/c1-8(12(19)16-4-5-21-3)18-13(20)10-6-9(14)7-17-11(10)15-2/h6-8H,4-5H2,1-3H3,(H,15,17)(H,16,19)(H,18,20). The quantitative estimate of drug-likeness (QED) is 0.626. The molecule has 0 aromatic carbocycles. The number of anilines is 1. The largest absolute Gasteiger partial charge is 0.383 e. The summed E-state index contributed by atoms with van der Waals surface area (Å²) in [5, 5.41) is 8.13. The number of amides is 2. The van der Waals surface area contributed by atoms with E-state index < -0.39 is 6.04 Å². The van der Waals surface area contributed by atoms with Gasteiger partial charge < -0.3 is 20.7 Å². The van der Waals surface area contributed by atoms with Gasteiger partial charge in [-0.25, -0.2) is 4.98 Å². The molecule has 3 N–H and O–H groups in total. The van der Waals surface area contributed by atoms with Crippen LogP contribution in [0.4, 0.5) is 5.82 Å². The Labute approximate surface area is 132 Å². The lowest BCUT2D eigenvalue weighted by molar-refractivity contribution is -0.122. The van der Waals surface area contributed by atoms with Gasteiger partial charge in [-0.15, -0.1) is 0 Å². The Morgan fingerprint density at radius 3 is 2.81 bits per heavy atom. The van der Waals surface area contributed by atoms with Crippen molar-refractivity contribution in [2.24, 2.45) is 0 Å². The third-order valence-electron chi connectivity index (χ3n) is 2.68. The Morgan fingerprint density at radius 1 is 1.48 bits per heavy atom. The highest BCUT2D eigenvalue weighted by Crippen LogP contribution is 2.17. The second kappa shape index (κ2) is 8.58. The number of nitrogens with one attached hydrogen (secondary N) is 3. The Hall–Kier alpha value is -1.67. The molecule has 0 spiro atoms. The van der Waals surface area contributed by atoms with E-state index >= 15 is 0 Å². The van der Waals surface area contributed by atoms with Gasteiger partial charge in [0, 0.05) is 31.4 Å². The molecule has 1 aromatic heterocycles. The van der Waals surface area contributed by atoms with E-state index in [-0.39, 0.29) is 11.8 Å². The number of hydrogen-bond donors (Lipinski definition) is 3. The van der Waals surface area contributed by atoms with Crippen LogP contribution >= 0.6 is 15.9 Å². The van der Waals surface area contributed by atoms with Crippen molar-refractivity contribution in [1.82, 2.24) is 15.6 Å². The number of hydrogen-bond acceptors (Lipinski definition) is 5. The summed E-state index contributed by atoms with van der Waals surface area (Å²) >= 11 is 3.27. The molecule has 8 heteroatoms. The number of rotatable bonds is 7. The molecule has 21 heavy (non-hydrogen) atoms. The van der Waals surface area contributed by atoms with Crippen molar-refractivity contribution in [3.63, 3.8) is 0 Å². The summed E-state index contributed by atoms with van der Waals surface area (Å²) in [5.41, 5.74) is 0.364. The number of methoxy groups -OCH3 is 1. The van der Waals surface area contributed by atoms with Gasteiger partial charge in [0.2, 0.25) is 5.91 Å². The first-order valence-electron chi connectivity index (χ1n) is 6.40. The normalized spacial score (nSPS) is 11.6. The van der Waals surface area contributed by atoms with Crippen molar-refractivity contribution in [2.75, 3.05) is 32.6 Å². The fourth-order valence-corrected chi connectivity index (χ4v) is 1.91. The van der Waals surface area contributed by atoms with E-state index in [0.717, 1.165) is 0 Å². The minimum atomic E-state index is -0.655. The van der Waals surface area contributed by atoms with Gasteiger partial charge in [0.1, 0.15) is 11.9 Å². The van der Waals surface area contributed by atoms with Gasteiger partial charge in [-0.3, -0.25) is 9.59 Å². The number of carbonyl (C=O) groups excluding carboxylic acids is 2. The van der Waals surface area contributed by atoms with Crippen LogP contribution < -0.4 is 16.0 Å². The number of halogens is 1. The van der Waals surface area contributed by atoms with Crippen LogP contribution in [0.3, 0.4) is 0 Å². The topological polar surface area (TPSA) is 92.4 Å². The third kappa shape index (κ3) is 5.31. The third-order valence-corrected chi connectivity index (χ3v) is 3.12. The molecule has 1 rings (SSSR count). The molecule has 0 saturated heterocycles. The Kier molecular flexibility index (Phi) is 7.10. The number of carbonyl (C=O) groups is 2. The molecular formula is C13H19BrN4O3. The van der Waals surface area contributed by atoms with Gasteiger partial charge in [-0.1, -0.05) is 0 Å². The monoisotopic (exact) mass is 358 g/mol. The van der Waals surface area contributed by atoms with Crippen LogP contribution in [0.2, 0.25) is 0 Å². The molecule has 0 bridgehead atoms. The minimum Gasteiger partial charge on any atom is -0.383 e. The van der Waals surface area contributed by atoms with E-state index in [4.69, 9.17) is 4.74 Å². The zero-order valence-electron chi connectivity index (χ0n) is 12.2. The molecule has 1 atom stereocenters. The second-order valence-electron chi connectivity index (χ2n) is 4.28. The number of aromatic nitrogens is 1. The maximum Gasteiger partial charge on any atom is 0.255 e. The number of nitrogens with zero attached hydrogens (tertiary/aromatic N) is 1. The molecule has 0 fully saturated rings. The van der Waals surface area contributed by atoms with Crippen LogP contribution in [-0.4, -0.2) is 50.1 Å². The average molecular weight is 359 g/mol. The number of ether oxygens (including phenoxy) is 1. The maximum absolute atomic E-state index is 12.2. The van der Waals surface area contributed by atoms with Crippen LogP contribution in [0.15, 0.2) is 16.7 Å². The fraction of sp³-hybridized carbons (Fsp3) is 0.462. The van der Waals surface area contributed by atoms with Crippen molar-refractivity contribution in [3.8, 4) is 0 Å². The predicted octanol–water partition coefficient (Wildman–Crippen LogP) is 0.767. The molecule has 0 aliphatic carbocycles. The highest BCUT2D eigenvalue weighted by Gasteiger charge is 2.19. The van der Waals surface area contributed by atoms with Crippen molar-refractivity contribution in [2.45, 2.75) is 13.0 Å². The molecule has 1 unspecified atom stereocenters. The predicted molar refractivity (Wildman–Crippen MR) is 83.3 cm³/mol. The van der Waals surface area contributed by atoms with Crippen LogP contribution in [0.1, 0.15) is 17.3 Å². The van der Waals surface area contributed by atoms with Gasteiger partial charge in [0.25, 0.3) is 5.91 Å². The lowest BCUT2D eigenvalue weighted by atomic mass is 10.2. The van der Waals surface area contributed by atoms with E-state index in [1.165, 1.54) is 0 Å². The Bertz CT molecular complexity index is 510. The zero-order chi connectivity index (χ0) is 15.8. The first kappa shape index (κ1) is 17.4. The van der Waals surface area contributed by atoms with Crippen molar-refractivity contribution in [1.29, 1.82) is 0 Å². The Morgan fingerprint density at radius 2 is 2.19 bits per heavy atom. The summed E-state index contributed by atoms with van der Waals surface area (Å²) in [5.74, 6) is -0.195. The summed E-state index contributed by atoms with van der Waals surface area (Å²) in [6, 6.07) is 0.988. The van der Waals surface area contributed by atoms with Gasteiger partial charge in [0.15, 0.2) is 0 Å². The molecule has 0 radical (unpaired) electrons.